The van der Waals surface area contributed by atoms with Crippen molar-refractivity contribution in [3.63, 3.8) is 0 Å². The van der Waals surface area contributed by atoms with Crippen molar-refractivity contribution < 1.29 is 8.78 Å². The number of nitrogens with zero attached hydrogens (tertiary/aromatic N) is 1. The first-order chi connectivity index (χ1) is 5.74. The van der Waals surface area contributed by atoms with E-state index in [0.717, 1.165) is 19.5 Å². The number of likely N-dealkylation sites (tertiary alicyclic amines) is 1. The van der Waals surface area contributed by atoms with Crippen LogP contribution in [-0.2, 0) is 0 Å². The van der Waals surface area contributed by atoms with Crippen molar-refractivity contribution in [1.82, 2.24) is 4.90 Å². The van der Waals surface area contributed by atoms with E-state index in [9.17, 15) is 8.78 Å². The molecule has 1 atom stereocenters. The van der Waals surface area contributed by atoms with E-state index >= 15 is 0 Å². The number of hydrogen-bond acceptors (Lipinski definition) is 2. The zero-order valence-electron chi connectivity index (χ0n) is 7.18. The third kappa shape index (κ3) is 2.68. The van der Waals surface area contributed by atoms with Crippen LogP contribution in [0.2, 0.25) is 0 Å². The largest absolute Gasteiger partial charge is 0.329 e. The van der Waals surface area contributed by atoms with Crippen LogP contribution >= 0.6 is 0 Å². The van der Waals surface area contributed by atoms with E-state index in [1.165, 1.54) is 0 Å². The van der Waals surface area contributed by atoms with Crippen LogP contribution in [0.5, 0.6) is 0 Å². The van der Waals surface area contributed by atoms with Crippen LogP contribution in [0.4, 0.5) is 8.78 Å². The Bertz CT molecular complexity index is 128. The highest BCUT2D eigenvalue weighted by molar-refractivity contribution is 4.82. The molecule has 2 nitrogen and oxygen atoms in total. The van der Waals surface area contributed by atoms with Gasteiger partial charge in [-0.05, 0) is 19.4 Å². The molecule has 0 bridgehead atoms. The number of alkyl halides is 2. The molecule has 1 saturated heterocycles. The minimum Gasteiger partial charge on any atom is -0.329 e. The lowest BCUT2D eigenvalue weighted by atomic mass is 10.0. The molecule has 1 heterocycles. The Kier molecular flexibility index (Phi) is 3.88. The molecule has 1 aliphatic rings. The average molecular weight is 178 g/mol. The summed E-state index contributed by atoms with van der Waals surface area (Å²) in [5.41, 5.74) is 5.47. The Labute approximate surface area is 71.7 Å². The van der Waals surface area contributed by atoms with Gasteiger partial charge in [0.25, 0.3) is 0 Å². The molecule has 12 heavy (non-hydrogen) atoms. The molecule has 72 valence electrons. The summed E-state index contributed by atoms with van der Waals surface area (Å²) in [4.78, 5) is 2.18. The Balaban J connectivity index is 2.00. The fourth-order valence-electron chi connectivity index (χ4n) is 1.50. The normalized spacial score (nSPS) is 24.5. The number of rotatable bonds is 5. The molecule has 2 N–H and O–H groups in total. The van der Waals surface area contributed by atoms with Crippen LogP contribution in [0.15, 0.2) is 0 Å². The van der Waals surface area contributed by atoms with E-state index in [1.807, 2.05) is 0 Å². The molecule has 0 amide bonds. The van der Waals surface area contributed by atoms with Gasteiger partial charge in [-0.2, -0.15) is 0 Å². The van der Waals surface area contributed by atoms with Crippen molar-refractivity contribution in [1.29, 1.82) is 0 Å². The minimum atomic E-state index is -2.15. The summed E-state index contributed by atoms with van der Waals surface area (Å²) >= 11 is 0. The van der Waals surface area contributed by atoms with Crippen molar-refractivity contribution in [2.75, 3.05) is 19.6 Å². The smallest absolute Gasteiger partial charge is 0.238 e. The predicted octanol–water partition coefficient (Wildman–Crippen LogP) is 1.06. The monoisotopic (exact) mass is 178 g/mol. The number of halogens is 2. The maximum atomic E-state index is 11.7. The van der Waals surface area contributed by atoms with E-state index in [0.29, 0.717) is 19.0 Å². The third-order valence-electron chi connectivity index (χ3n) is 2.41. The quantitative estimate of drug-likeness (QED) is 0.682. The molecule has 0 radical (unpaired) electrons. The molecule has 0 spiro atoms. The molecule has 1 rings (SSSR count). The van der Waals surface area contributed by atoms with Crippen LogP contribution in [0.3, 0.4) is 0 Å². The lowest BCUT2D eigenvalue weighted by molar-refractivity contribution is 0.0790. The molecule has 0 aromatic rings. The molecule has 0 aromatic carbocycles. The summed E-state index contributed by atoms with van der Waals surface area (Å²) in [7, 11) is 0. The SMILES string of the molecule is NCC1CCN1CCCC(F)F. The van der Waals surface area contributed by atoms with Crippen molar-refractivity contribution >= 4 is 0 Å². The van der Waals surface area contributed by atoms with Gasteiger partial charge in [-0.25, -0.2) is 8.78 Å². The number of nitrogens with two attached hydrogens (primary N) is 1. The first-order valence-electron chi connectivity index (χ1n) is 4.46. The average Bonchev–Trinajstić information content (AvgIpc) is 1.96. The van der Waals surface area contributed by atoms with E-state index in [-0.39, 0.29) is 6.42 Å². The maximum Gasteiger partial charge on any atom is 0.238 e. The second-order valence-corrected chi connectivity index (χ2v) is 3.25. The maximum absolute atomic E-state index is 11.7. The molecule has 1 unspecified atom stereocenters. The highest BCUT2D eigenvalue weighted by atomic mass is 19.3. The van der Waals surface area contributed by atoms with Crippen LogP contribution in [0, 0.1) is 0 Å². The van der Waals surface area contributed by atoms with Gasteiger partial charge in [-0.1, -0.05) is 0 Å². The first-order valence-corrected chi connectivity index (χ1v) is 4.46. The Morgan fingerprint density at radius 1 is 1.50 bits per heavy atom. The summed E-state index contributed by atoms with van der Waals surface area (Å²) in [6, 6.07) is 0.461. The van der Waals surface area contributed by atoms with Gasteiger partial charge in [-0.15, -0.1) is 0 Å². The number of hydrogen-bond donors (Lipinski definition) is 1. The van der Waals surface area contributed by atoms with Crippen LogP contribution < -0.4 is 5.73 Å². The van der Waals surface area contributed by atoms with Gasteiger partial charge in [0.1, 0.15) is 0 Å². The summed E-state index contributed by atoms with van der Waals surface area (Å²) in [5, 5.41) is 0. The van der Waals surface area contributed by atoms with Crippen molar-refractivity contribution in [3.05, 3.63) is 0 Å². The van der Waals surface area contributed by atoms with E-state index in [4.69, 9.17) is 5.73 Å². The van der Waals surface area contributed by atoms with Gasteiger partial charge in [0.15, 0.2) is 0 Å². The van der Waals surface area contributed by atoms with E-state index in [2.05, 4.69) is 4.90 Å². The Morgan fingerprint density at radius 3 is 2.67 bits per heavy atom. The fraction of sp³-hybridized carbons (Fsp3) is 1.00. The lowest BCUT2D eigenvalue weighted by Crippen LogP contribution is -2.51. The molecule has 1 aliphatic heterocycles. The standard InChI is InChI=1S/C8H16F2N2/c9-8(10)2-1-4-12-5-3-7(12)6-11/h7-8H,1-6,11H2. The minimum absolute atomic E-state index is 0.0216. The summed E-state index contributed by atoms with van der Waals surface area (Å²) in [6.07, 6.45) is -0.407. The molecule has 1 fully saturated rings. The fourth-order valence-corrected chi connectivity index (χ4v) is 1.50. The predicted molar refractivity (Wildman–Crippen MR) is 44.3 cm³/mol. The van der Waals surface area contributed by atoms with Gasteiger partial charge in [-0.3, -0.25) is 4.90 Å². The van der Waals surface area contributed by atoms with Crippen LogP contribution in [0.25, 0.3) is 0 Å². The molecule has 0 aromatic heterocycles. The molecule has 0 saturated carbocycles. The second kappa shape index (κ2) is 4.72. The van der Waals surface area contributed by atoms with Gasteiger partial charge in [0.2, 0.25) is 6.43 Å². The van der Waals surface area contributed by atoms with Gasteiger partial charge < -0.3 is 5.73 Å². The van der Waals surface area contributed by atoms with E-state index < -0.39 is 6.43 Å². The lowest BCUT2D eigenvalue weighted by Gasteiger charge is -2.40. The van der Waals surface area contributed by atoms with Gasteiger partial charge in [0, 0.05) is 25.6 Å². The summed E-state index contributed by atoms with van der Waals surface area (Å²) in [5.74, 6) is 0. The second-order valence-electron chi connectivity index (χ2n) is 3.25. The Morgan fingerprint density at radius 2 is 2.25 bits per heavy atom. The van der Waals surface area contributed by atoms with Gasteiger partial charge in [0.05, 0.1) is 0 Å². The van der Waals surface area contributed by atoms with Crippen molar-refractivity contribution in [3.8, 4) is 0 Å². The molecular formula is C8H16F2N2. The zero-order valence-corrected chi connectivity index (χ0v) is 7.18. The zero-order chi connectivity index (χ0) is 8.97. The topological polar surface area (TPSA) is 29.3 Å². The molecule has 4 heteroatoms. The molecule has 0 aliphatic carbocycles. The van der Waals surface area contributed by atoms with Crippen molar-refractivity contribution in [2.24, 2.45) is 5.73 Å². The highest BCUT2D eigenvalue weighted by Crippen LogP contribution is 2.17. The third-order valence-corrected chi connectivity index (χ3v) is 2.41. The van der Waals surface area contributed by atoms with E-state index in [1.54, 1.807) is 0 Å². The Hall–Kier alpha value is -0.220. The molecular weight excluding hydrogens is 162 g/mol. The van der Waals surface area contributed by atoms with Crippen molar-refractivity contribution in [2.45, 2.75) is 31.7 Å². The summed E-state index contributed by atoms with van der Waals surface area (Å²) in [6.45, 7) is 2.48. The first kappa shape index (κ1) is 9.86. The van der Waals surface area contributed by atoms with Crippen LogP contribution in [0.1, 0.15) is 19.3 Å². The van der Waals surface area contributed by atoms with Gasteiger partial charge >= 0.3 is 0 Å². The highest BCUT2D eigenvalue weighted by Gasteiger charge is 2.25. The summed E-state index contributed by atoms with van der Waals surface area (Å²) < 4.78 is 23.5. The van der Waals surface area contributed by atoms with Crippen LogP contribution in [-0.4, -0.2) is 37.0 Å².